The van der Waals surface area contributed by atoms with E-state index in [-0.39, 0.29) is 12.0 Å². The summed E-state index contributed by atoms with van der Waals surface area (Å²) in [6, 6.07) is 0.284. The smallest absolute Gasteiger partial charge is 0.475 e. The van der Waals surface area contributed by atoms with E-state index in [2.05, 4.69) is 11.9 Å². The van der Waals surface area contributed by atoms with Crippen molar-refractivity contribution in [1.29, 1.82) is 0 Å². The first-order chi connectivity index (χ1) is 8.12. The molecule has 0 aliphatic carbocycles. The summed E-state index contributed by atoms with van der Waals surface area (Å²) in [7, 11) is 0. The quantitative estimate of drug-likeness (QED) is 0.580. The molecule has 0 aromatic rings. The molecule has 0 bridgehead atoms. The molecule has 0 spiro atoms. The van der Waals surface area contributed by atoms with Gasteiger partial charge >= 0.3 is 18.1 Å². The van der Waals surface area contributed by atoms with Crippen LogP contribution in [0.1, 0.15) is 13.3 Å². The number of carbonyl (C=O) groups excluding carboxylic acids is 1. The maximum absolute atomic E-state index is 10.6. The molecule has 0 aromatic heterocycles. The molecule has 1 atom stereocenters. The molecular weight excluding hydrogens is 255 g/mol. The minimum Gasteiger partial charge on any atom is -0.475 e. The van der Waals surface area contributed by atoms with Crippen molar-refractivity contribution in [3.8, 4) is 0 Å². The van der Waals surface area contributed by atoms with Gasteiger partial charge in [0.25, 0.3) is 0 Å². The van der Waals surface area contributed by atoms with Gasteiger partial charge in [-0.05, 0) is 6.42 Å². The highest BCUT2D eigenvalue weighted by atomic mass is 19.4. The van der Waals surface area contributed by atoms with Crippen LogP contribution in [-0.2, 0) is 14.3 Å². The third-order valence-electron chi connectivity index (χ3n) is 1.91. The SMILES string of the molecule is C=C1CNC(COC(C)=O)C1.O=C(O)C(F)(F)F. The van der Waals surface area contributed by atoms with Gasteiger partial charge in [0.2, 0.25) is 0 Å². The maximum atomic E-state index is 10.6. The molecule has 1 heterocycles. The van der Waals surface area contributed by atoms with E-state index in [0.717, 1.165) is 13.0 Å². The summed E-state index contributed by atoms with van der Waals surface area (Å²) in [5.74, 6) is -2.98. The van der Waals surface area contributed by atoms with Crippen LogP contribution in [0.5, 0.6) is 0 Å². The first-order valence-electron chi connectivity index (χ1n) is 4.96. The first kappa shape index (κ1) is 16.4. The molecule has 1 fully saturated rings. The number of esters is 1. The Morgan fingerprint density at radius 1 is 1.56 bits per heavy atom. The lowest BCUT2D eigenvalue weighted by Crippen LogP contribution is -2.27. The summed E-state index contributed by atoms with van der Waals surface area (Å²) in [4.78, 5) is 19.3. The molecule has 0 amide bonds. The van der Waals surface area contributed by atoms with Gasteiger partial charge in [0, 0.05) is 19.5 Å². The first-order valence-corrected chi connectivity index (χ1v) is 4.96. The summed E-state index contributed by atoms with van der Waals surface area (Å²) >= 11 is 0. The number of nitrogens with one attached hydrogen (secondary N) is 1. The van der Waals surface area contributed by atoms with Crippen LogP contribution in [0.15, 0.2) is 12.2 Å². The molecule has 1 aliphatic heterocycles. The number of carboxylic acid groups (broad SMARTS) is 1. The average molecular weight is 269 g/mol. The van der Waals surface area contributed by atoms with E-state index < -0.39 is 12.1 Å². The van der Waals surface area contributed by atoms with Crippen molar-refractivity contribution in [2.75, 3.05) is 13.2 Å². The minimum absolute atomic E-state index is 0.218. The Bertz CT molecular complexity index is 328. The fourth-order valence-electron chi connectivity index (χ4n) is 1.12. The fourth-order valence-corrected chi connectivity index (χ4v) is 1.12. The normalized spacial score (nSPS) is 18.9. The lowest BCUT2D eigenvalue weighted by Gasteiger charge is -2.08. The van der Waals surface area contributed by atoms with Crippen molar-refractivity contribution < 1.29 is 32.6 Å². The molecule has 18 heavy (non-hydrogen) atoms. The Kier molecular flexibility index (Phi) is 6.39. The number of hydrogen-bond acceptors (Lipinski definition) is 4. The molecule has 1 aliphatic rings. The third kappa shape index (κ3) is 7.66. The molecule has 2 N–H and O–H groups in total. The van der Waals surface area contributed by atoms with Crippen molar-refractivity contribution in [3.05, 3.63) is 12.2 Å². The number of carbonyl (C=O) groups is 2. The van der Waals surface area contributed by atoms with E-state index >= 15 is 0 Å². The standard InChI is InChI=1S/C8H13NO2.C2HF3O2/c1-6-3-8(9-4-6)5-11-7(2)10;3-2(4,5)1(6)7/h8-9H,1,3-5H2,2H3;(H,6,7). The molecule has 8 heteroatoms. The van der Waals surface area contributed by atoms with Crippen LogP contribution in [0.4, 0.5) is 13.2 Å². The maximum Gasteiger partial charge on any atom is 0.490 e. The monoisotopic (exact) mass is 269 g/mol. The second kappa shape index (κ2) is 7.00. The van der Waals surface area contributed by atoms with Crippen molar-refractivity contribution in [1.82, 2.24) is 5.32 Å². The summed E-state index contributed by atoms with van der Waals surface area (Å²) < 4.78 is 36.6. The van der Waals surface area contributed by atoms with E-state index in [9.17, 15) is 18.0 Å². The van der Waals surface area contributed by atoms with E-state index in [1.54, 1.807) is 0 Å². The number of halogens is 3. The fraction of sp³-hybridized carbons (Fsp3) is 0.600. The van der Waals surface area contributed by atoms with Crippen LogP contribution >= 0.6 is 0 Å². The van der Waals surface area contributed by atoms with Gasteiger partial charge in [0.15, 0.2) is 0 Å². The van der Waals surface area contributed by atoms with Crippen LogP contribution in [0, 0.1) is 0 Å². The average Bonchev–Trinajstić information content (AvgIpc) is 2.60. The predicted octanol–water partition coefficient (Wildman–Crippen LogP) is 1.10. The summed E-state index contributed by atoms with van der Waals surface area (Å²) in [5, 5.41) is 10.3. The van der Waals surface area contributed by atoms with Crippen LogP contribution < -0.4 is 5.32 Å². The van der Waals surface area contributed by atoms with Gasteiger partial charge in [0.05, 0.1) is 0 Å². The highest BCUT2D eigenvalue weighted by Crippen LogP contribution is 2.13. The van der Waals surface area contributed by atoms with Crippen molar-refractivity contribution in [2.45, 2.75) is 25.6 Å². The van der Waals surface area contributed by atoms with Crippen molar-refractivity contribution in [2.24, 2.45) is 0 Å². The zero-order chi connectivity index (χ0) is 14.3. The van der Waals surface area contributed by atoms with E-state index in [4.69, 9.17) is 14.6 Å². The van der Waals surface area contributed by atoms with Gasteiger partial charge in [0.1, 0.15) is 6.61 Å². The molecule has 0 saturated carbocycles. The van der Waals surface area contributed by atoms with E-state index in [0.29, 0.717) is 6.61 Å². The summed E-state index contributed by atoms with van der Waals surface area (Å²) in [6.07, 6.45) is -4.16. The highest BCUT2D eigenvalue weighted by molar-refractivity contribution is 5.73. The van der Waals surface area contributed by atoms with Gasteiger partial charge in [-0.2, -0.15) is 13.2 Å². The number of alkyl halides is 3. The Balaban J connectivity index is 0.000000360. The second-order valence-corrected chi connectivity index (χ2v) is 3.64. The van der Waals surface area contributed by atoms with Crippen LogP contribution in [0.2, 0.25) is 0 Å². The van der Waals surface area contributed by atoms with Crippen LogP contribution in [0.3, 0.4) is 0 Å². The van der Waals surface area contributed by atoms with Gasteiger partial charge in [-0.3, -0.25) is 4.79 Å². The Morgan fingerprint density at radius 2 is 2.06 bits per heavy atom. The largest absolute Gasteiger partial charge is 0.490 e. The zero-order valence-corrected chi connectivity index (χ0v) is 9.71. The molecule has 0 radical (unpaired) electrons. The van der Waals surface area contributed by atoms with Gasteiger partial charge < -0.3 is 15.2 Å². The Labute approximate surface area is 102 Å². The number of hydrogen-bond donors (Lipinski definition) is 2. The van der Waals surface area contributed by atoms with Gasteiger partial charge in [-0.15, -0.1) is 0 Å². The molecule has 1 saturated heterocycles. The summed E-state index contributed by atoms with van der Waals surface area (Å²) in [5.41, 5.74) is 1.18. The van der Waals surface area contributed by atoms with Crippen LogP contribution in [-0.4, -0.2) is 42.4 Å². The summed E-state index contributed by atoms with van der Waals surface area (Å²) in [6.45, 7) is 6.57. The van der Waals surface area contributed by atoms with Gasteiger partial charge in [-0.25, -0.2) is 4.79 Å². The number of aliphatic carboxylic acids is 1. The number of carboxylic acids is 1. The zero-order valence-electron chi connectivity index (χ0n) is 9.71. The molecule has 104 valence electrons. The Morgan fingerprint density at radius 3 is 2.33 bits per heavy atom. The highest BCUT2D eigenvalue weighted by Gasteiger charge is 2.38. The third-order valence-corrected chi connectivity index (χ3v) is 1.91. The number of rotatable bonds is 2. The van der Waals surface area contributed by atoms with Crippen molar-refractivity contribution >= 4 is 11.9 Å². The topological polar surface area (TPSA) is 75.6 Å². The Hall–Kier alpha value is -1.57. The van der Waals surface area contributed by atoms with Gasteiger partial charge in [-0.1, -0.05) is 12.2 Å². The minimum atomic E-state index is -5.08. The molecule has 0 aromatic carbocycles. The van der Waals surface area contributed by atoms with Crippen LogP contribution in [0.25, 0.3) is 0 Å². The molecule has 1 unspecified atom stereocenters. The lowest BCUT2D eigenvalue weighted by atomic mass is 10.2. The molecule has 1 rings (SSSR count). The van der Waals surface area contributed by atoms with E-state index in [1.165, 1.54) is 12.5 Å². The van der Waals surface area contributed by atoms with Crippen molar-refractivity contribution in [3.63, 3.8) is 0 Å². The predicted molar refractivity (Wildman–Crippen MR) is 55.9 cm³/mol. The second-order valence-electron chi connectivity index (χ2n) is 3.64. The molecule has 5 nitrogen and oxygen atoms in total. The van der Waals surface area contributed by atoms with E-state index in [1.807, 2.05) is 0 Å². The lowest BCUT2D eigenvalue weighted by molar-refractivity contribution is -0.192. The number of ether oxygens (including phenoxy) is 1. The molecular formula is C10H14F3NO4.